The lowest BCUT2D eigenvalue weighted by molar-refractivity contribution is 0.275. The molecule has 0 atom stereocenters. The van der Waals surface area contributed by atoms with Gasteiger partial charge in [0.15, 0.2) is 0 Å². The van der Waals surface area contributed by atoms with E-state index in [1.54, 1.807) is 0 Å². The van der Waals surface area contributed by atoms with Crippen molar-refractivity contribution >= 4 is 7.82 Å². The molecule has 0 unspecified atom stereocenters. The van der Waals surface area contributed by atoms with Crippen molar-refractivity contribution in [1.29, 1.82) is 0 Å². The number of aromatic nitrogens is 2. The van der Waals surface area contributed by atoms with E-state index in [2.05, 4.69) is 9.97 Å². The summed E-state index contributed by atoms with van der Waals surface area (Å²) in [5.41, 5.74) is 0. The number of nitrogens with zero attached hydrogens (tertiary/aromatic N) is 1. The highest BCUT2D eigenvalue weighted by molar-refractivity contribution is 7.45. The lowest BCUT2D eigenvalue weighted by Crippen LogP contribution is -1.68. The fourth-order valence-electron chi connectivity index (χ4n) is 0.246. The first-order valence-electron chi connectivity index (χ1n) is 2.33. The molecule has 0 radical (unpaired) electrons. The molecule has 1 rings (SSSR count). The number of halogens is 1. The molecule has 1 heterocycles. The highest BCUT2D eigenvalue weighted by Gasteiger charge is 2.00. The van der Waals surface area contributed by atoms with Gasteiger partial charge in [0.1, 0.15) is 0 Å². The van der Waals surface area contributed by atoms with E-state index in [4.69, 9.17) is 19.2 Å². The maximum Gasteiger partial charge on any atom is 0.466 e. The Balaban J connectivity index is 0.000000187. The number of rotatable bonds is 0. The zero-order valence-electron chi connectivity index (χ0n) is 5.18. The predicted molar refractivity (Wildman–Crippen MR) is 32.8 cm³/mol. The van der Waals surface area contributed by atoms with Gasteiger partial charge in [0.25, 0.3) is 6.08 Å². The van der Waals surface area contributed by atoms with Crippen molar-refractivity contribution in [1.82, 2.24) is 9.97 Å². The molecule has 1 aromatic heterocycles. The van der Waals surface area contributed by atoms with Crippen LogP contribution in [0.4, 0.5) is 4.39 Å². The van der Waals surface area contributed by atoms with Crippen LogP contribution >= 0.6 is 7.82 Å². The number of imidazole rings is 1. The van der Waals surface area contributed by atoms with Gasteiger partial charge in [-0.05, 0) is 0 Å². The first-order chi connectivity index (χ1) is 4.89. The van der Waals surface area contributed by atoms with Crippen LogP contribution in [0.1, 0.15) is 0 Å². The van der Waals surface area contributed by atoms with Crippen molar-refractivity contribution < 1.29 is 23.6 Å². The fraction of sp³-hybridized carbons (Fsp3) is 0. The molecule has 8 heteroatoms. The summed E-state index contributed by atoms with van der Waals surface area (Å²) in [5, 5.41) is 0. The van der Waals surface area contributed by atoms with Crippen LogP contribution in [0.3, 0.4) is 0 Å². The third kappa shape index (κ3) is 12.4. The van der Waals surface area contributed by atoms with E-state index in [1.165, 1.54) is 12.4 Å². The van der Waals surface area contributed by atoms with Crippen molar-refractivity contribution in [2.75, 3.05) is 0 Å². The Kier molecular flexibility index (Phi) is 3.91. The number of phosphoric acid groups is 1. The van der Waals surface area contributed by atoms with E-state index < -0.39 is 13.9 Å². The average molecular weight is 184 g/mol. The standard InChI is InChI=1S/C3H3FN2.H3O4P/c4-3-5-1-2-6-3;1-5(2,3)4/h1-2H,(H,5,6);(H3,1,2,3,4). The highest BCUT2D eigenvalue weighted by atomic mass is 31.2. The molecule has 0 saturated heterocycles. The summed E-state index contributed by atoms with van der Waals surface area (Å²) in [4.78, 5) is 27.0. The van der Waals surface area contributed by atoms with E-state index in [-0.39, 0.29) is 0 Å². The van der Waals surface area contributed by atoms with Gasteiger partial charge in [-0.15, -0.1) is 0 Å². The van der Waals surface area contributed by atoms with Crippen molar-refractivity contribution in [3.8, 4) is 0 Å². The lowest BCUT2D eigenvalue weighted by Gasteiger charge is -1.82. The molecule has 0 aliphatic carbocycles. The molecule has 64 valence electrons. The largest absolute Gasteiger partial charge is 0.466 e. The molecule has 6 nitrogen and oxygen atoms in total. The maximum atomic E-state index is 11.5. The van der Waals surface area contributed by atoms with Gasteiger partial charge in [0.2, 0.25) is 0 Å². The Labute approximate surface area is 61.0 Å². The lowest BCUT2D eigenvalue weighted by atomic mass is 11.0. The van der Waals surface area contributed by atoms with Crippen LogP contribution in [0.2, 0.25) is 0 Å². The van der Waals surface area contributed by atoms with E-state index in [1.807, 2.05) is 0 Å². The van der Waals surface area contributed by atoms with Crippen molar-refractivity contribution in [3.63, 3.8) is 0 Å². The van der Waals surface area contributed by atoms with E-state index in [0.29, 0.717) is 0 Å². The molecule has 0 aromatic carbocycles. The number of H-pyrrole nitrogens is 1. The van der Waals surface area contributed by atoms with Gasteiger partial charge in [-0.2, -0.15) is 4.39 Å². The Hall–Kier alpha value is -0.750. The van der Waals surface area contributed by atoms with Gasteiger partial charge in [0, 0.05) is 12.4 Å². The summed E-state index contributed by atoms with van der Waals surface area (Å²) in [6.07, 6.45) is 2.25. The highest BCUT2D eigenvalue weighted by Crippen LogP contribution is 2.25. The predicted octanol–water partition coefficient (Wildman–Crippen LogP) is -0.380. The molecule has 0 spiro atoms. The number of hydrogen-bond acceptors (Lipinski definition) is 2. The molecule has 11 heavy (non-hydrogen) atoms. The van der Waals surface area contributed by atoms with Crippen LogP contribution in [-0.4, -0.2) is 24.6 Å². The smallest absolute Gasteiger partial charge is 0.321 e. The minimum Gasteiger partial charge on any atom is -0.321 e. The Morgan fingerprint density at radius 1 is 1.55 bits per heavy atom. The molecular weight excluding hydrogens is 178 g/mol. The Morgan fingerprint density at radius 3 is 2.09 bits per heavy atom. The van der Waals surface area contributed by atoms with Crippen LogP contribution in [0.5, 0.6) is 0 Å². The summed E-state index contributed by atoms with van der Waals surface area (Å²) in [5.74, 6) is 0. The average Bonchev–Trinajstić information content (AvgIpc) is 2.12. The second kappa shape index (κ2) is 4.20. The molecule has 0 bridgehead atoms. The summed E-state index contributed by atoms with van der Waals surface area (Å²) in [6, 6.07) is 0. The van der Waals surface area contributed by atoms with Crippen LogP contribution in [0.25, 0.3) is 0 Å². The van der Waals surface area contributed by atoms with Crippen molar-refractivity contribution in [3.05, 3.63) is 18.5 Å². The van der Waals surface area contributed by atoms with Crippen LogP contribution < -0.4 is 0 Å². The van der Waals surface area contributed by atoms with Gasteiger partial charge in [-0.1, -0.05) is 0 Å². The molecule has 0 amide bonds. The maximum absolute atomic E-state index is 11.5. The number of hydrogen-bond donors (Lipinski definition) is 4. The molecule has 0 saturated carbocycles. The summed E-state index contributed by atoms with van der Waals surface area (Å²) in [6.45, 7) is 0. The van der Waals surface area contributed by atoms with Crippen molar-refractivity contribution in [2.45, 2.75) is 0 Å². The van der Waals surface area contributed by atoms with E-state index >= 15 is 0 Å². The summed E-state index contributed by atoms with van der Waals surface area (Å²) >= 11 is 0. The zero-order valence-corrected chi connectivity index (χ0v) is 6.07. The molecule has 0 fully saturated rings. The van der Waals surface area contributed by atoms with E-state index in [9.17, 15) is 4.39 Å². The first kappa shape index (κ1) is 10.2. The van der Waals surface area contributed by atoms with Crippen molar-refractivity contribution in [2.24, 2.45) is 0 Å². The minimum atomic E-state index is -4.64. The SMILES string of the molecule is Fc1ncc[nH]1.O=P(O)(O)O. The number of aromatic amines is 1. The third-order valence-corrected chi connectivity index (χ3v) is 0.465. The topological polar surface area (TPSA) is 106 Å². The third-order valence-electron chi connectivity index (χ3n) is 0.465. The fourth-order valence-corrected chi connectivity index (χ4v) is 0.246. The van der Waals surface area contributed by atoms with Gasteiger partial charge >= 0.3 is 7.82 Å². The quantitative estimate of drug-likeness (QED) is 0.411. The van der Waals surface area contributed by atoms with Gasteiger partial charge < -0.3 is 19.7 Å². The molecular formula is C3H6FN2O4P. The molecule has 1 aromatic rings. The van der Waals surface area contributed by atoms with Gasteiger partial charge in [-0.3, -0.25) is 0 Å². The zero-order chi connectivity index (χ0) is 8.91. The van der Waals surface area contributed by atoms with Crippen LogP contribution in [0, 0.1) is 6.08 Å². The van der Waals surface area contributed by atoms with Gasteiger partial charge in [-0.25, -0.2) is 9.55 Å². The number of nitrogens with one attached hydrogen (secondary N) is 1. The summed E-state index contributed by atoms with van der Waals surface area (Å²) < 4.78 is 20.4. The minimum absolute atomic E-state index is 0.532. The van der Waals surface area contributed by atoms with E-state index in [0.717, 1.165) is 0 Å². The normalized spacial score (nSPS) is 10.2. The van der Waals surface area contributed by atoms with Crippen LogP contribution in [0.15, 0.2) is 12.4 Å². The second-order valence-electron chi connectivity index (χ2n) is 1.39. The first-order valence-corrected chi connectivity index (χ1v) is 3.89. The van der Waals surface area contributed by atoms with Crippen LogP contribution in [-0.2, 0) is 4.57 Å². The monoisotopic (exact) mass is 184 g/mol. The molecule has 0 aliphatic rings. The molecule has 4 N–H and O–H groups in total. The second-order valence-corrected chi connectivity index (χ2v) is 2.42. The molecule has 0 aliphatic heterocycles. The summed E-state index contributed by atoms with van der Waals surface area (Å²) in [7, 11) is -4.64. The Bertz CT molecular complexity index is 223. The van der Waals surface area contributed by atoms with Gasteiger partial charge in [0.05, 0.1) is 0 Å². The Morgan fingerprint density at radius 2 is 2.00 bits per heavy atom.